The van der Waals surface area contributed by atoms with Crippen molar-refractivity contribution in [1.82, 2.24) is 10.2 Å². The van der Waals surface area contributed by atoms with Crippen LogP contribution >= 0.6 is 0 Å². The molecule has 0 aromatic heterocycles. The lowest BCUT2D eigenvalue weighted by atomic mass is 9.72. The summed E-state index contributed by atoms with van der Waals surface area (Å²) in [6.45, 7) is 3.37. The molecule has 5 heteroatoms. The quantitative estimate of drug-likeness (QED) is 0.802. The van der Waals surface area contributed by atoms with Crippen molar-refractivity contribution < 1.29 is 14.3 Å². The highest BCUT2D eigenvalue weighted by molar-refractivity contribution is 5.93. The lowest BCUT2D eigenvalue weighted by Gasteiger charge is -2.29. The number of ether oxygens (including phenoxy) is 1. The molecule has 2 saturated heterocycles. The number of amides is 2. The van der Waals surface area contributed by atoms with E-state index < -0.39 is 23.0 Å². The van der Waals surface area contributed by atoms with Crippen LogP contribution in [0.3, 0.4) is 0 Å². The van der Waals surface area contributed by atoms with Crippen LogP contribution in [-0.2, 0) is 27.4 Å². The molecule has 2 aromatic carbocycles. The zero-order chi connectivity index (χ0) is 20.1. The summed E-state index contributed by atoms with van der Waals surface area (Å²) >= 11 is 0. The third kappa shape index (κ3) is 2.88. The van der Waals surface area contributed by atoms with E-state index in [2.05, 4.69) is 5.32 Å². The maximum absolute atomic E-state index is 13.3. The molecule has 29 heavy (non-hydrogen) atoms. The molecule has 1 spiro atoms. The van der Waals surface area contributed by atoms with E-state index in [-0.39, 0.29) is 11.8 Å². The minimum Gasteiger partial charge on any atom is -0.357 e. The third-order valence-corrected chi connectivity index (χ3v) is 6.41. The summed E-state index contributed by atoms with van der Waals surface area (Å²) in [6, 6.07) is 19.7. The summed E-state index contributed by atoms with van der Waals surface area (Å²) in [5, 5.41) is 3.02. The maximum atomic E-state index is 13.3. The van der Waals surface area contributed by atoms with Crippen molar-refractivity contribution >= 4 is 11.8 Å². The van der Waals surface area contributed by atoms with E-state index in [1.54, 1.807) is 0 Å². The first kappa shape index (κ1) is 18.1. The fourth-order valence-electron chi connectivity index (χ4n) is 5.08. The molecule has 2 amide bonds. The van der Waals surface area contributed by atoms with Gasteiger partial charge in [0.1, 0.15) is 5.60 Å². The highest BCUT2D eigenvalue weighted by atomic mass is 16.5. The minimum absolute atomic E-state index is 0.00166. The Morgan fingerprint density at radius 2 is 1.72 bits per heavy atom. The molecule has 4 atom stereocenters. The lowest BCUT2D eigenvalue weighted by molar-refractivity contribution is -0.139. The average Bonchev–Trinajstić information content (AvgIpc) is 3.30. The van der Waals surface area contributed by atoms with E-state index in [0.717, 1.165) is 11.1 Å². The molecule has 4 unspecified atom stereocenters. The molecule has 0 aliphatic carbocycles. The Kier molecular flexibility index (Phi) is 4.10. The summed E-state index contributed by atoms with van der Waals surface area (Å²) < 4.78 is 6.36. The number of hydrogen-bond acceptors (Lipinski definition) is 3. The number of nitrogens with one attached hydrogen (secondary N) is 1. The molecule has 2 bridgehead atoms. The molecule has 2 fully saturated rings. The number of hydrogen-bond donors (Lipinski definition) is 1. The predicted molar refractivity (Wildman–Crippen MR) is 108 cm³/mol. The number of fused-ring (bicyclic) bond motifs is 1. The fraction of sp³-hybridized carbons (Fsp3) is 0.333. The molecule has 2 aromatic rings. The van der Waals surface area contributed by atoms with Gasteiger partial charge in [0.25, 0.3) is 0 Å². The van der Waals surface area contributed by atoms with Gasteiger partial charge in [-0.1, -0.05) is 72.8 Å². The molecular weight excluding hydrogens is 364 g/mol. The van der Waals surface area contributed by atoms with Crippen LogP contribution in [0.4, 0.5) is 0 Å². The van der Waals surface area contributed by atoms with Gasteiger partial charge in [0.05, 0.1) is 24.0 Å². The normalized spacial score (nSPS) is 31.9. The molecule has 0 radical (unpaired) electrons. The minimum atomic E-state index is -0.736. The van der Waals surface area contributed by atoms with Gasteiger partial charge in [0.15, 0.2) is 0 Å². The van der Waals surface area contributed by atoms with Crippen LogP contribution in [0.15, 0.2) is 72.8 Å². The standard InChI is InChI=1S/C24H24N2O3/c1-23-12-13-24(29-23)16-26(15-18-10-6-3-7-11-18)22(28)20(24)19(23)21(27)25-14-17-8-4-2-5-9-17/h2-13,19-20H,14-16H2,1H3,(H,25,27). The van der Waals surface area contributed by atoms with Crippen LogP contribution in [-0.4, -0.2) is 34.5 Å². The molecule has 5 nitrogen and oxygen atoms in total. The van der Waals surface area contributed by atoms with Crippen LogP contribution in [0.2, 0.25) is 0 Å². The Labute approximate surface area is 170 Å². The molecular formula is C24H24N2O3. The second-order valence-electron chi connectivity index (χ2n) is 8.41. The van der Waals surface area contributed by atoms with Crippen LogP contribution in [0.5, 0.6) is 0 Å². The topological polar surface area (TPSA) is 58.6 Å². The number of carbonyl (C=O) groups excluding carboxylic acids is 2. The van der Waals surface area contributed by atoms with Gasteiger partial charge in [-0.05, 0) is 18.1 Å². The molecule has 148 valence electrons. The van der Waals surface area contributed by atoms with E-state index >= 15 is 0 Å². The van der Waals surface area contributed by atoms with Crippen LogP contribution < -0.4 is 5.32 Å². The number of rotatable bonds is 5. The lowest BCUT2D eigenvalue weighted by Crippen LogP contribution is -2.47. The fourth-order valence-corrected chi connectivity index (χ4v) is 5.08. The van der Waals surface area contributed by atoms with Gasteiger partial charge in [0, 0.05) is 13.1 Å². The van der Waals surface area contributed by atoms with Crippen LogP contribution in [0.1, 0.15) is 18.1 Å². The van der Waals surface area contributed by atoms with Crippen molar-refractivity contribution in [1.29, 1.82) is 0 Å². The first-order chi connectivity index (χ1) is 14.0. The average molecular weight is 388 g/mol. The molecule has 3 aliphatic heterocycles. The highest BCUT2D eigenvalue weighted by Gasteiger charge is 2.71. The Morgan fingerprint density at radius 1 is 1.07 bits per heavy atom. The van der Waals surface area contributed by atoms with Crippen molar-refractivity contribution in [3.8, 4) is 0 Å². The molecule has 1 N–H and O–H groups in total. The Balaban J connectivity index is 1.37. The summed E-state index contributed by atoms with van der Waals surface area (Å²) in [6.07, 6.45) is 3.97. The first-order valence-corrected chi connectivity index (χ1v) is 10.1. The number of likely N-dealkylation sites (tertiary alicyclic amines) is 1. The van der Waals surface area contributed by atoms with Gasteiger partial charge in [-0.2, -0.15) is 0 Å². The summed E-state index contributed by atoms with van der Waals surface area (Å²) in [7, 11) is 0. The van der Waals surface area contributed by atoms with Crippen molar-refractivity contribution in [2.24, 2.45) is 11.8 Å². The predicted octanol–water partition coefficient (Wildman–Crippen LogP) is 2.68. The summed E-state index contributed by atoms with van der Waals surface area (Å²) in [4.78, 5) is 28.3. The molecule has 0 saturated carbocycles. The van der Waals surface area contributed by atoms with Gasteiger partial charge in [0.2, 0.25) is 11.8 Å². The van der Waals surface area contributed by atoms with Gasteiger partial charge >= 0.3 is 0 Å². The monoisotopic (exact) mass is 388 g/mol. The number of benzene rings is 2. The Hall–Kier alpha value is -2.92. The van der Waals surface area contributed by atoms with Gasteiger partial charge < -0.3 is 15.0 Å². The van der Waals surface area contributed by atoms with E-state index in [1.165, 1.54) is 0 Å². The van der Waals surface area contributed by atoms with E-state index in [0.29, 0.717) is 19.6 Å². The molecule has 3 heterocycles. The second kappa shape index (κ2) is 6.56. The Morgan fingerprint density at radius 3 is 2.41 bits per heavy atom. The van der Waals surface area contributed by atoms with Crippen molar-refractivity contribution in [3.63, 3.8) is 0 Å². The molecule has 5 rings (SSSR count). The summed E-state index contributed by atoms with van der Waals surface area (Å²) in [5.74, 6) is -1.12. The highest BCUT2D eigenvalue weighted by Crippen LogP contribution is 2.57. The SMILES string of the molecule is CC12C=CC3(CN(Cc4ccccc4)C(=O)C3C1C(=O)NCc1ccccc1)O2. The smallest absolute Gasteiger partial charge is 0.230 e. The molecule has 3 aliphatic rings. The van der Waals surface area contributed by atoms with Crippen LogP contribution in [0, 0.1) is 11.8 Å². The zero-order valence-corrected chi connectivity index (χ0v) is 16.4. The Bertz CT molecular complexity index is 974. The largest absolute Gasteiger partial charge is 0.357 e. The second-order valence-corrected chi connectivity index (χ2v) is 8.41. The maximum Gasteiger partial charge on any atom is 0.230 e. The van der Waals surface area contributed by atoms with Gasteiger partial charge in [-0.25, -0.2) is 0 Å². The first-order valence-electron chi connectivity index (χ1n) is 10.1. The zero-order valence-electron chi connectivity index (χ0n) is 16.4. The van der Waals surface area contributed by atoms with Crippen molar-refractivity contribution in [3.05, 3.63) is 83.9 Å². The third-order valence-electron chi connectivity index (χ3n) is 6.41. The number of carbonyl (C=O) groups is 2. The van der Waals surface area contributed by atoms with E-state index in [1.807, 2.05) is 84.6 Å². The van der Waals surface area contributed by atoms with Crippen molar-refractivity contribution in [2.45, 2.75) is 31.2 Å². The summed E-state index contributed by atoms with van der Waals surface area (Å²) in [5.41, 5.74) is 0.672. The van der Waals surface area contributed by atoms with Gasteiger partial charge in [-0.15, -0.1) is 0 Å². The van der Waals surface area contributed by atoms with Crippen LogP contribution in [0.25, 0.3) is 0 Å². The van der Waals surface area contributed by atoms with E-state index in [4.69, 9.17) is 4.74 Å². The van der Waals surface area contributed by atoms with Crippen molar-refractivity contribution in [2.75, 3.05) is 6.54 Å². The van der Waals surface area contributed by atoms with E-state index in [9.17, 15) is 9.59 Å². The number of nitrogens with zero attached hydrogens (tertiary/aromatic N) is 1. The van der Waals surface area contributed by atoms with Gasteiger partial charge in [-0.3, -0.25) is 9.59 Å².